The number of hydrogen-bond donors (Lipinski definition) is 0. The molecule has 0 aromatic heterocycles. The first-order valence-electron chi connectivity index (χ1n) is 5.96. The van der Waals surface area contributed by atoms with E-state index in [2.05, 4.69) is 0 Å². The number of carbonyl (C=O) groups is 1. The highest BCUT2D eigenvalue weighted by atomic mass is 19.4. The molecule has 110 valence electrons. The van der Waals surface area contributed by atoms with Crippen LogP contribution in [0.3, 0.4) is 0 Å². The molecule has 1 aromatic rings. The molecule has 0 saturated heterocycles. The van der Waals surface area contributed by atoms with E-state index in [0.717, 1.165) is 12.6 Å². The quantitative estimate of drug-likeness (QED) is 0.766. The van der Waals surface area contributed by atoms with Gasteiger partial charge in [0.25, 0.3) is 0 Å². The van der Waals surface area contributed by atoms with E-state index in [9.17, 15) is 26.7 Å². The van der Waals surface area contributed by atoms with Crippen LogP contribution in [0.5, 0.6) is 0 Å². The van der Waals surface area contributed by atoms with Crippen molar-refractivity contribution in [3.05, 3.63) is 35.4 Å². The minimum Gasteiger partial charge on any atom is -0.333 e. The number of halogens is 5. The van der Waals surface area contributed by atoms with E-state index in [1.807, 2.05) is 0 Å². The zero-order valence-electron chi connectivity index (χ0n) is 10.5. The van der Waals surface area contributed by atoms with Gasteiger partial charge in [-0.25, -0.2) is 0 Å². The Hall–Kier alpha value is -1.66. The fraction of sp³-hybridized carbons (Fsp3) is 0.462. The van der Waals surface area contributed by atoms with Crippen LogP contribution in [0, 0.1) is 0 Å². The summed E-state index contributed by atoms with van der Waals surface area (Å²) in [6.07, 6.45) is -4.98. The first-order chi connectivity index (χ1) is 9.16. The van der Waals surface area contributed by atoms with Gasteiger partial charge in [-0.1, -0.05) is 24.3 Å². The largest absolute Gasteiger partial charge is 0.463 e. The normalized spacial score (nSPS) is 18.8. The fourth-order valence-electron chi connectivity index (χ4n) is 2.42. The van der Waals surface area contributed by atoms with Crippen molar-refractivity contribution in [2.75, 3.05) is 7.05 Å². The molecule has 1 aliphatic carbocycles. The maximum atomic E-state index is 13.1. The first kappa shape index (κ1) is 14.7. The SMILES string of the molecule is CN(C(=O)C(F)(F)C(F)(F)F)C1CCc2ccccc21. The Morgan fingerprint density at radius 2 is 1.80 bits per heavy atom. The van der Waals surface area contributed by atoms with Gasteiger partial charge in [0.15, 0.2) is 0 Å². The van der Waals surface area contributed by atoms with Gasteiger partial charge in [0.05, 0.1) is 6.04 Å². The molecule has 1 aromatic carbocycles. The van der Waals surface area contributed by atoms with Gasteiger partial charge in [0.2, 0.25) is 0 Å². The first-order valence-corrected chi connectivity index (χ1v) is 5.96. The number of fused-ring (bicyclic) bond motifs is 1. The van der Waals surface area contributed by atoms with Gasteiger partial charge in [0, 0.05) is 7.05 Å². The summed E-state index contributed by atoms with van der Waals surface area (Å²) in [6.45, 7) is 0. The van der Waals surface area contributed by atoms with Gasteiger partial charge < -0.3 is 4.90 Å². The molecular formula is C13H12F5NO. The van der Waals surface area contributed by atoms with Crippen molar-refractivity contribution in [1.29, 1.82) is 0 Å². The lowest BCUT2D eigenvalue weighted by Gasteiger charge is -2.29. The molecule has 0 N–H and O–H groups in total. The monoisotopic (exact) mass is 293 g/mol. The lowest BCUT2D eigenvalue weighted by molar-refractivity contribution is -0.274. The summed E-state index contributed by atoms with van der Waals surface area (Å²) in [5, 5.41) is 0. The Balaban J connectivity index is 2.26. The van der Waals surface area contributed by atoms with Crippen LogP contribution in [-0.4, -0.2) is 30.0 Å². The van der Waals surface area contributed by atoms with E-state index in [4.69, 9.17) is 0 Å². The second-order valence-electron chi connectivity index (χ2n) is 4.74. The van der Waals surface area contributed by atoms with Crippen LogP contribution >= 0.6 is 0 Å². The molecule has 2 rings (SSSR count). The van der Waals surface area contributed by atoms with Crippen molar-refractivity contribution in [2.24, 2.45) is 0 Å². The zero-order valence-corrected chi connectivity index (χ0v) is 10.5. The molecule has 2 nitrogen and oxygen atoms in total. The number of rotatable bonds is 2. The van der Waals surface area contributed by atoms with Gasteiger partial charge in [0.1, 0.15) is 0 Å². The number of alkyl halides is 5. The Bertz CT molecular complexity index is 526. The van der Waals surface area contributed by atoms with Crippen molar-refractivity contribution in [2.45, 2.75) is 31.0 Å². The van der Waals surface area contributed by atoms with Gasteiger partial charge in [-0.05, 0) is 24.0 Å². The molecule has 0 aliphatic heterocycles. The lowest BCUT2D eigenvalue weighted by atomic mass is 10.1. The van der Waals surface area contributed by atoms with Crippen LogP contribution in [-0.2, 0) is 11.2 Å². The maximum Gasteiger partial charge on any atom is 0.463 e. The smallest absolute Gasteiger partial charge is 0.333 e. The van der Waals surface area contributed by atoms with Crippen molar-refractivity contribution in [3.63, 3.8) is 0 Å². The minimum absolute atomic E-state index is 0.343. The van der Waals surface area contributed by atoms with E-state index in [1.54, 1.807) is 24.3 Å². The van der Waals surface area contributed by atoms with E-state index in [0.29, 0.717) is 23.3 Å². The van der Waals surface area contributed by atoms with Crippen LogP contribution < -0.4 is 0 Å². The summed E-state index contributed by atoms with van der Waals surface area (Å²) in [6, 6.07) is 6.09. The summed E-state index contributed by atoms with van der Waals surface area (Å²) < 4.78 is 62.9. The summed E-state index contributed by atoms with van der Waals surface area (Å²) in [5.74, 6) is -7.58. The number of carbonyl (C=O) groups excluding carboxylic acids is 1. The van der Waals surface area contributed by atoms with Crippen LogP contribution in [0.15, 0.2) is 24.3 Å². The van der Waals surface area contributed by atoms with Crippen molar-refractivity contribution < 1.29 is 26.7 Å². The molecular weight excluding hydrogens is 281 g/mol. The molecule has 1 aliphatic rings. The standard InChI is InChI=1S/C13H12F5NO/c1-19(11(20)12(14,15)13(16,17)18)10-7-6-8-4-2-3-5-9(8)10/h2-5,10H,6-7H2,1H3. The zero-order chi connectivity index (χ0) is 15.1. The molecule has 0 saturated carbocycles. The lowest BCUT2D eigenvalue weighted by Crippen LogP contribution is -2.51. The third-order valence-corrected chi connectivity index (χ3v) is 3.51. The van der Waals surface area contributed by atoms with Crippen LogP contribution in [0.4, 0.5) is 22.0 Å². The molecule has 1 unspecified atom stereocenters. The fourth-order valence-corrected chi connectivity index (χ4v) is 2.42. The van der Waals surface area contributed by atoms with Crippen molar-refractivity contribution in [1.82, 2.24) is 4.90 Å². The Labute approximate surface area is 112 Å². The number of hydrogen-bond acceptors (Lipinski definition) is 1. The molecule has 0 bridgehead atoms. The highest BCUT2D eigenvalue weighted by Gasteiger charge is 2.64. The molecule has 7 heteroatoms. The third-order valence-electron chi connectivity index (χ3n) is 3.51. The summed E-state index contributed by atoms with van der Waals surface area (Å²) >= 11 is 0. The van der Waals surface area contributed by atoms with E-state index in [1.165, 1.54) is 0 Å². The Kier molecular flexibility index (Phi) is 3.47. The topological polar surface area (TPSA) is 20.3 Å². The molecule has 1 amide bonds. The molecule has 0 fully saturated rings. The highest BCUT2D eigenvalue weighted by molar-refractivity contribution is 5.84. The summed E-state index contributed by atoms with van der Waals surface area (Å²) in [5.41, 5.74) is 1.49. The number of aryl methyl sites for hydroxylation is 1. The van der Waals surface area contributed by atoms with Gasteiger partial charge >= 0.3 is 18.0 Å². The average Bonchev–Trinajstić information content (AvgIpc) is 2.79. The predicted molar refractivity (Wildman–Crippen MR) is 61.3 cm³/mol. The van der Waals surface area contributed by atoms with Gasteiger partial charge in [-0.15, -0.1) is 0 Å². The molecule has 0 radical (unpaired) electrons. The van der Waals surface area contributed by atoms with Gasteiger partial charge in [-0.2, -0.15) is 22.0 Å². The molecule has 0 heterocycles. The number of nitrogens with zero attached hydrogens (tertiary/aromatic N) is 1. The number of amides is 1. The van der Waals surface area contributed by atoms with E-state index < -0.39 is 24.0 Å². The summed E-state index contributed by atoms with van der Waals surface area (Å²) in [7, 11) is 0.981. The Morgan fingerprint density at radius 1 is 1.20 bits per heavy atom. The van der Waals surface area contributed by atoms with Crippen LogP contribution in [0.2, 0.25) is 0 Å². The highest BCUT2D eigenvalue weighted by Crippen LogP contribution is 2.41. The van der Waals surface area contributed by atoms with Crippen LogP contribution in [0.1, 0.15) is 23.6 Å². The second-order valence-corrected chi connectivity index (χ2v) is 4.74. The predicted octanol–water partition coefficient (Wildman–Crippen LogP) is 3.33. The van der Waals surface area contributed by atoms with Crippen LogP contribution in [0.25, 0.3) is 0 Å². The van der Waals surface area contributed by atoms with Crippen molar-refractivity contribution >= 4 is 5.91 Å². The molecule has 20 heavy (non-hydrogen) atoms. The molecule has 0 spiro atoms. The third kappa shape index (κ3) is 2.25. The van der Waals surface area contributed by atoms with Gasteiger partial charge in [-0.3, -0.25) is 4.79 Å². The Morgan fingerprint density at radius 3 is 2.40 bits per heavy atom. The number of benzene rings is 1. The minimum atomic E-state index is -5.88. The maximum absolute atomic E-state index is 13.1. The average molecular weight is 293 g/mol. The van der Waals surface area contributed by atoms with E-state index in [-0.39, 0.29) is 0 Å². The second kappa shape index (κ2) is 4.71. The summed E-state index contributed by atoms with van der Waals surface area (Å²) in [4.78, 5) is 12.0. The van der Waals surface area contributed by atoms with E-state index >= 15 is 0 Å². The molecule has 1 atom stereocenters. The van der Waals surface area contributed by atoms with Crippen molar-refractivity contribution in [3.8, 4) is 0 Å².